The number of ether oxygens (including phenoxy) is 2. The molecule has 21 heavy (non-hydrogen) atoms. The lowest BCUT2D eigenvalue weighted by molar-refractivity contribution is 0.0974. The van der Waals surface area contributed by atoms with Crippen molar-refractivity contribution < 1.29 is 14.3 Å². The molecule has 0 aliphatic heterocycles. The van der Waals surface area contributed by atoms with Gasteiger partial charge in [0.05, 0.1) is 6.61 Å². The van der Waals surface area contributed by atoms with Gasteiger partial charge in [-0.1, -0.05) is 62.2 Å². The van der Waals surface area contributed by atoms with E-state index in [1.807, 2.05) is 42.5 Å². The molecule has 0 radical (unpaired) electrons. The van der Waals surface area contributed by atoms with E-state index in [9.17, 15) is 4.79 Å². The van der Waals surface area contributed by atoms with Crippen LogP contribution in [0.4, 0.5) is 4.79 Å². The van der Waals surface area contributed by atoms with Crippen LogP contribution in [-0.4, -0.2) is 12.8 Å². The lowest BCUT2D eigenvalue weighted by atomic mass is 10.1. The lowest BCUT2D eigenvalue weighted by Gasteiger charge is -2.06. The Morgan fingerprint density at radius 1 is 0.905 bits per heavy atom. The zero-order valence-corrected chi connectivity index (χ0v) is 12.2. The van der Waals surface area contributed by atoms with E-state index in [-0.39, 0.29) is 0 Å². The quantitative estimate of drug-likeness (QED) is 0.422. The standard InChI is InChI=1S/C18H20O3/c1-2-3-7-14-20-18(19)21-17-12-10-16(11-13-17)15-8-5-4-6-9-15/h4-6,8-13H,2-3,7,14H2,1H3. The number of unbranched alkanes of at least 4 members (excludes halogenated alkanes) is 2. The van der Waals surface area contributed by atoms with Gasteiger partial charge in [-0.05, 0) is 29.7 Å². The van der Waals surface area contributed by atoms with Crippen molar-refractivity contribution in [3.05, 3.63) is 54.6 Å². The predicted molar refractivity (Wildman–Crippen MR) is 83.4 cm³/mol. The van der Waals surface area contributed by atoms with Crippen LogP contribution in [0.25, 0.3) is 11.1 Å². The van der Waals surface area contributed by atoms with Crippen LogP contribution in [0.15, 0.2) is 54.6 Å². The highest BCUT2D eigenvalue weighted by Gasteiger charge is 2.06. The van der Waals surface area contributed by atoms with Crippen molar-refractivity contribution in [2.24, 2.45) is 0 Å². The van der Waals surface area contributed by atoms with Crippen molar-refractivity contribution in [3.63, 3.8) is 0 Å². The van der Waals surface area contributed by atoms with Crippen LogP contribution < -0.4 is 4.74 Å². The number of hydrogen-bond acceptors (Lipinski definition) is 3. The number of rotatable bonds is 6. The number of hydrogen-bond donors (Lipinski definition) is 0. The van der Waals surface area contributed by atoms with Crippen LogP contribution in [0.2, 0.25) is 0 Å². The fraction of sp³-hybridized carbons (Fsp3) is 0.278. The van der Waals surface area contributed by atoms with Gasteiger partial charge in [-0.25, -0.2) is 4.79 Å². The second-order valence-corrected chi connectivity index (χ2v) is 4.80. The summed E-state index contributed by atoms with van der Waals surface area (Å²) in [5, 5.41) is 0. The molecule has 0 aliphatic carbocycles. The first kappa shape index (κ1) is 15.1. The average molecular weight is 284 g/mol. The van der Waals surface area contributed by atoms with E-state index in [1.54, 1.807) is 12.1 Å². The van der Waals surface area contributed by atoms with Crippen molar-refractivity contribution in [1.82, 2.24) is 0 Å². The van der Waals surface area contributed by atoms with E-state index >= 15 is 0 Å². The maximum absolute atomic E-state index is 11.5. The molecule has 0 saturated heterocycles. The Bertz CT molecular complexity index is 546. The first-order valence-electron chi connectivity index (χ1n) is 7.29. The van der Waals surface area contributed by atoms with Gasteiger partial charge in [-0.15, -0.1) is 0 Å². The van der Waals surface area contributed by atoms with Gasteiger partial charge < -0.3 is 9.47 Å². The average Bonchev–Trinajstić information content (AvgIpc) is 2.53. The molecule has 0 aromatic heterocycles. The molecule has 0 N–H and O–H groups in total. The summed E-state index contributed by atoms with van der Waals surface area (Å²) in [5.74, 6) is 0.496. The molecule has 2 aromatic rings. The molecule has 0 bridgehead atoms. The van der Waals surface area contributed by atoms with E-state index in [0.29, 0.717) is 12.4 Å². The van der Waals surface area contributed by atoms with Gasteiger partial charge in [0.15, 0.2) is 0 Å². The fourth-order valence-electron chi connectivity index (χ4n) is 1.98. The van der Waals surface area contributed by atoms with E-state index in [4.69, 9.17) is 9.47 Å². The van der Waals surface area contributed by atoms with Gasteiger partial charge in [0.2, 0.25) is 0 Å². The van der Waals surface area contributed by atoms with Gasteiger partial charge in [0.1, 0.15) is 5.75 Å². The predicted octanol–water partition coefficient (Wildman–Crippen LogP) is 5.06. The summed E-state index contributed by atoms with van der Waals surface area (Å²) >= 11 is 0. The largest absolute Gasteiger partial charge is 0.513 e. The van der Waals surface area contributed by atoms with E-state index in [1.165, 1.54) is 0 Å². The molecule has 3 heteroatoms. The Kier molecular flexibility index (Phi) is 5.83. The third kappa shape index (κ3) is 4.95. The van der Waals surface area contributed by atoms with Crippen LogP contribution in [0.3, 0.4) is 0 Å². The smallest absolute Gasteiger partial charge is 0.434 e. The van der Waals surface area contributed by atoms with E-state index < -0.39 is 6.16 Å². The number of carbonyl (C=O) groups excluding carboxylic acids is 1. The Balaban J connectivity index is 1.86. The summed E-state index contributed by atoms with van der Waals surface area (Å²) in [6.45, 7) is 2.52. The maximum Gasteiger partial charge on any atom is 0.513 e. The molecular weight excluding hydrogens is 264 g/mol. The highest BCUT2D eigenvalue weighted by molar-refractivity contribution is 5.67. The minimum Gasteiger partial charge on any atom is -0.434 e. The van der Waals surface area contributed by atoms with Crippen LogP contribution in [0.5, 0.6) is 5.75 Å². The molecule has 0 fully saturated rings. The zero-order valence-electron chi connectivity index (χ0n) is 12.2. The molecule has 0 spiro atoms. The van der Waals surface area contributed by atoms with Crippen molar-refractivity contribution in [3.8, 4) is 16.9 Å². The second kappa shape index (κ2) is 8.10. The highest BCUT2D eigenvalue weighted by Crippen LogP contribution is 2.22. The Labute approximate surface area is 125 Å². The molecule has 0 atom stereocenters. The summed E-state index contributed by atoms with van der Waals surface area (Å²) in [6.07, 6.45) is 2.38. The van der Waals surface area contributed by atoms with Gasteiger partial charge >= 0.3 is 6.16 Å². The molecule has 0 unspecified atom stereocenters. The molecular formula is C18H20O3. The summed E-state index contributed by atoms with van der Waals surface area (Å²) in [6, 6.07) is 17.4. The summed E-state index contributed by atoms with van der Waals surface area (Å²) in [4.78, 5) is 11.5. The minimum absolute atomic E-state index is 0.411. The topological polar surface area (TPSA) is 35.5 Å². The lowest BCUT2D eigenvalue weighted by Crippen LogP contribution is -2.11. The van der Waals surface area contributed by atoms with Crippen LogP contribution in [0.1, 0.15) is 26.2 Å². The molecule has 0 amide bonds. The van der Waals surface area contributed by atoms with Gasteiger partial charge in [-0.2, -0.15) is 0 Å². The summed E-state index contributed by atoms with van der Waals surface area (Å²) in [5.41, 5.74) is 2.21. The van der Waals surface area contributed by atoms with Crippen LogP contribution in [0, 0.1) is 0 Å². The molecule has 0 heterocycles. The van der Waals surface area contributed by atoms with Crippen molar-refractivity contribution >= 4 is 6.16 Å². The maximum atomic E-state index is 11.5. The van der Waals surface area contributed by atoms with E-state index in [2.05, 4.69) is 6.92 Å². The fourth-order valence-corrected chi connectivity index (χ4v) is 1.98. The molecule has 2 aromatic carbocycles. The van der Waals surface area contributed by atoms with Gasteiger partial charge in [-0.3, -0.25) is 0 Å². The Morgan fingerprint density at radius 3 is 2.24 bits per heavy atom. The number of benzene rings is 2. The van der Waals surface area contributed by atoms with Crippen LogP contribution >= 0.6 is 0 Å². The Hall–Kier alpha value is -2.29. The second-order valence-electron chi connectivity index (χ2n) is 4.80. The van der Waals surface area contributed by atoms with Gasteiger partial charge in [0.25, 0.3) is 0 Å². The molecule has 0 aliphatic rings. The molecule has 2 rings (SSSR count). The third-order valence-corrected chi connectivity index (χ3v) is 3.13. The number of carbonyl (C=O) groups is 1. The first-order valence-corrected chi connectivity index (χ1v) is 7.29. The SMILES string of the molecule is CCCCCOC(=O)Oc1ccc(-c2ccccc2)cc1. The van der Waals surface area contributed by atoms with Crippen LogP contribution in [-0.2, 0) is 4.74 Å². The zero-order chi connectivity index (χ0) is 14.9. The highest BCUT2D eigenvalue weighted by atomic mass is 16.7. The monoisotopic (exact) mass is 284 g/mol. The molecule has 3 nitrogen and oxygen atoms in total. The summed E-state index contributed by atoms with van der Waals surface area (Å²) in [7, 11) is 0. The van der Waals surface area contributed by atoms with Crippen molar-refractivity contribution in [2.45, 2.75) is 26.2 Å². The molecule has 0 saturated carbocycles. The third-order valence-electron chi connectivity index (χ3n) is 3.13. The minimum atomic E-state index is -0.640. The normalized spacial score (nSPS) is 10.1. The van der Waals surface area contributed by atoms with Crippen molar-refractivity contribution in [2.75, 3.05) is 6.61 Å². The molecule has 110 valence electrons. The first-order chi connectivity index (χ1) is 10.3. The van der Waals surface area contributed by atoms with Crippen molar-refractivity contribution in [1.29, 1.82) is 0 Å². The Morgan fingerprint density at radius 2 is 1.57 bits per heavy atom. The summed E-state index contributed by atoms with van der Waals surface area (Å²) < 4.78 is 10.1. The van der Waals surface area contributed by atoms with Gasteiger partial charge in [0, 0.05) is 0 Å². The van der Waals surface area contributed by atoms with E-state index in [0.717, 1.165) is 30.4 Å².